The van der Waals surface area contributed by atoms with Crippen LogP contribution in [0.4, 0.5) is 11.4 Å². The summed E-state index contributed by atoms with van der Waals surface area (Å²) in [6.45, 7) is 0.731. The number of aromatic hydroxyl groups is 2. The Morgan fingerprint density at radius 1 is 0.618 bits per heavy atom. The van der Waals surface area contributed by atoms with E-state index in [0.29, 0.717) is 35.7 Å². The van der Waals surface area contributed by atoms with E-state index in [1.807, 2.05) is 60.7 Å². The third-order valence-corrected chi connectivity index (χ3v) is 5.82. The summed E-state index contributed by atoms with van der Waals surface area (Å²) < 4.78 is 23.5. The number of anilines is 2. The summed E-state index contributed by atoms with van der Waals surface area (Å²) >= 11 is 0. The highest BCUT2D eigenvalue weighted by Gasteiger charge is 2.10. The Morgan fingerprint density at radius 3 is 1.44 bits per heavy atom. The van der Waals surface area contributed by atoms with Gasteiger partial charge in [-0.2, -0.15) is 0 Å². The van der Waals surface area contributed by atoms with E-state index in [1.165, 1.54) is 24.3 Å². The van der Waals surface area contributed by atoms with Crippen molar-refractivity contribution < 1.29 is 23.8 Å². The number of rotatable bonds is 10. The fourth-order valence-corrected chi connectivity index (χ4v) is 3.93. The highest BCUT2D eigenvalue weighted by molar-refractivity contribution is 7.34. The number of para-hydroxylation sites is 2. The van der Waals surface area contributed by atoms with E-state index in [2.05, 4.69) is 10.6 Å². The maximum absolute atomic E-state index is 12.5. The van der Waals surface area contributed by atoms with Gasteiger partial charge in [0.25, 0.3) is 0 Å². The Kier molecular flexibility index (Phi) is 7.58. The van der Waals surface area contributed by atoms with Gasteiger partial charge in [-0.25, -0.2) is 4.57 Å². The zero-order chi connectivity index (χ0) is 23.8. The van der Waals surface area contributed by atoms with Crippen LogP contribution in [0.5, 0.6) is 23.0 Å². The van der Waals surface area contributed by atoms with Crippen molar-refractivity contribution in [3.05, 3.63) is 108 Å². The highest BCUT2D eigenvalue weighted by Crippen LogP contribution is 2.34. The maximum atomic E-state index is 12.5. The van der Waals surface area contributed by atoms with Crippen LogP contribution in [0.3, 0.4) is 0 Å². The van der Waals surface area contributed by atoms with E-state index < -0.39 is 8.25 Å². The van der Waals surface area contributed by atoms with Crippen LogP contribution in [-0.2, 0) is 17.7 Å². The van der Waals surface area contributed by atoms with Crippen LogP contribution in [0.15, 0.2) is 97.1 Å². The molecule has 0 aliphatic heterocycles. The molecule has 0 spiro atoms. The molecule has 0 amide bonds. The number of benzene rings is 4. The van der Waals surface area contributed by atoms with Gasteiger partial charge in [0.1, 0.15) is 23.0 Å². The van der Waals surface area contributed by atoms with Crippen molar-refractivity contribution in [3.63, 3.8) is 0 Å². The number of phenolic OH excluding ortho intramolecular Hbond substituents is 2. The standard InChI is InChI=1S/C26H25N2O5P/c29-25-13-11-23(15-19(25)17-27-21-7-3-1-4-8-21)32-34(31)33-24-12-14-26(30)20(16-24)18-28-22-9-5-2-6-10-22/h1-16,27-30,34H,17-18H2. The smallest absolute Gasteiger partial charge is 0.418 e. The maximum Gasteiger partial charge on any atom is 0.418 e. The van der Waals surface area contributed by atoms with Crippen LogP contribution >= 0.6 is 8.25 Å². The number of nitrogens with one attached hydrogen (secondary N) is 2. The molecule has 0 bridgehead atoms. The molecular formula is C26H25N2O5P. The molecule has 7 nitrogen and oxygen atoms in total. The zero-order valence-electron chi connectivity index (χ0n) is 18.3. The molecule has 4 aromatic rings. The predicted octanol–water partition coefficient (Wildman–Crippen LogP) is 6.17. The van der Waals surface area contributed by atoms with E-state index in [9.17, 15) is 14.8 Å². The summed E-state index contributed by atoms with van der Waals surface area (Å²) in [5, 5.41) is 26.7. The largest absolute Gasteiger partial charge is 0.508 e. The Labute approximate surface area is 198 Å². The summed E-state index contributed by atoms with van der Waals surface area (Å²) in [5.41, 5.74) is 3.01. The van der Waals surface area contributed by atoms with Gasteiger partial charge in [-0.15, -0.1) is 0 Å². The summed E-state index contributed by atoms with van der Waals surface area (Å²) in [6.07, 6.45) is 0. The van der Waals surface area contributed by atoms with Crippen LogP contribution in [0.25, 0.3) is 0 Å². The molecule has 0 aliphatic rings. The quantitative estimate of drug-likeness (QED) is 0.203. The van der Waals surface area contributed by atoms with E-state index in [-0.39, 0.29) is 11.5 Å². The lowest BCUT2D eigenvalue weighted by atomic mass is 10.2. The number of phenols is 2. The normalized spacial score (nSPS) is 10.6. The predicted molar refractivity (Wildman–Crippen MR) is 134 cm³/mol. The molecule has 4 rings (SSSR count). The Bertz CT molecular complexity index is 1160. The van der Waals surface area contributed by atoms with Crippen LogP contribution < -0.4 is 19.7 Å². The Hall–Kier alpha value is -4.09. The molecule has 0 aromatic heterocycles. The summed E-state index contributed by atoms with van der Waals surface area (Å²) in [7, 11) is -2.94. The first-order valence-electron chi connectivity index (χ1n) is 10.7. The molecule has 0 fully saturated rings. The molecule has 4 N–H and O–H groups in total. The molecular weight excluding hydrogens is 451 g/mol. The molecule has 0 heterocycles. The molecule has 0 saturated carbocycles. The average Bonchev–Trinajstić information content (AvgIpc) is 2.86. The minimum atomic E-state index is -2.94. The zero-order valence-corrected chi connectivity index (χ0v) is 19.3. The molecule has 8 heteroatoms. The molecule has 0 radical (unpaired) electrons. The van der Waals surface area contributed by atoms with Crippen molar-refractivity contribution in [1.82, 2.24) is 0 Å². The van der Waals surface area contributed by atoms with Gasteiger partial charge in [0.05, 0.1) is 0 Å². The Morgan fingerprint density at radius 2 is 1.03 bits per heavy atom. The lowest BCUT2D eigenvalue weighted by molar-refractivity contribution is 0.412. The van der Waals surface area contributed by atoms with E-state index in [1.54, 1.807) is 12.1 Å². The van der Waals surface area contributed by atoms with Crippen molar-refractivity contribution in [2.24, 2.45) is 0 Å². The topological polar surface area (TPSA) is 100 Å². The van der Waals surface area contributed by atoms with Gasteiger partial charge in [0.2, 0.25) is 0 Å². The second-order valence-corrected chi connectivity index (χ2v) is 8.38. The van der Waals surface area contributed by atoms with E-state index in [4.69, 9.17) is 9.05 Å². The second kappa shape index (κ2) is 11.2. The lowest BCUT2D eigenvalue weighted by Crippen LogP contribution is -2.00. The van der Waals surface area contributed by atoms with Gasteiger partial charge in [-0.05, 0) is 60.7 Å². The van der Waals surface area contributed by atoms with Gasteiger partial charge >= 0.3 is 8.25 Å². The van der Waals surface area contributed by atoms with Crippen molar-refractivity contribution in [2.45, 2.75) is 13.1 Å². The second-order valence-electron chi connectivity index (χ2n) is 7.47. The lowest BCUT2D eigenvalue weighted by Gasteiger charge is -2.13. The van der Waals surface area contributed by atoms with Crippen molar-refractivity contribution in [2.75, 3.05) is 10.6 Å². The SMILES string of the molecule is O=[PH](Oc1ccc(O)c(CNc2ccccc2)c1)Oc1ccc(O)c(CNc2ccccc2)c1. The third-order valence-electron chi connectivity index (χ3n) is 5.02. The van der Waals surface area contributed by atoms with Gasteiger partial charge in [-0.1, -0.05) is 36.4 Å². The average molecular weight is 476 g/mol. The molecule has 0 unspecified atom stereocenters. The first-order chi connectivity index (χ1) is 16.6. The van der Waals surface area contributed by atoms with Gasteiger partial charge in [0, 0.05) is 35.6 Å². The molecule has 174 valence electrons. The van der Waals surface area contributed by atoms with Crippen LogP contribution in [0.2, 0.25) is 0 Å². The van der Waals surface area contributed by atoms with Crippen molar-refractivity contribution >= 4 is 19.6 Å². The van der Waals surface area contributed by atoms with Crippen molar-refractivity contribution in [3.8, 4) is 23.0 Å². The van der Waals surface area contributed by atoms with Crippen molar-refractivity contribution in [1.29, 1.82) is 0 Å². The van der Waals surface area contributed by atoms with Crippen LogP contribution in [-0.4, -0.2) is 10.2 Å². The molecule has 34 heavy (non-hydrogen) atoms. The first kappa shape index (κ1) is 23.1. The Balaban J connectivity index is 1.36. The highest BCUT2D eigenvalue weighted by atomic mass is 31.1. The van der Waals surface area contributed by atoms with Crippen LogP contribution in [0.1, 0.15) is 11.1 Å². The minimum absolute atomic E-state index is 0.102. The summed E-state index contributed by atoms with van der Waals surface area (Å²) in [6, 6.07) is 28.4. The molecule has 0 aliphatic carbocycles. The number of hydrogen-bond donors (Lipinski definition) is 4. The summed E-state index contributed by atoms with van der Waals surface area (Å²) in [4.78, 5) is 0. The minimum Gasteiger partial charge on any atom is -0.508 e. The van der Waals surface area contributed by atoms with E-state index >= 15 is 0 Å². The number of hydrogen-bond acceptors (Lipinski definition) is 7. The third kappa shape index (κ3) is 6.47. The van der Waals surface area contributed by atoms with Crippen LogP contribution in [0, 0.1) is 0 Å². The van der Waals surface area contributed by atoms with E-state index in [0.717, 1.165) is 11.4 Å². The fraction of sp³-hybridized carbons (Fsp3) is 0.0769. The first-order valence-corrected chi connectivity index (χ1v) is 11.9. The fourth-order valence-electron chi connectivity index (χ4n) is 3.25. The van der Waals surface area contributed by atoms with Gasteiger partial charge in [0.15, 0.2) is 0 Å². The molecule has 4 aromatic carbocycles. The monoisotopic (exact) mass is 476 g/mol. The van der Waals surface area contributed by atoms with Gasteiger partial charge < -0.3 is 29.9 Å². The molecule has 0 atom stereocenters. The summed E-state index contributed by atoms with van der Waals surface area (Å²) in [5.74, 6) is 0.837. The van der Waals surface area contributed by atoms with Gasteiger partial charge in [-0.3, -0.25) is 0 Å². The molecule has 0 saturated heterocycles.